The van der Waals surface area contributed by atoms with Crippen LogP contribution >= 0.6 is 0 Å². The van der Waals surface area contributed by atoms with Gasteiger partial charge in [0.1, 0.15) is 0 Å². The fraction of sp³-hybridized carbons (Fsp3) is 0.455. The van der Waals surface area contributed by atoms with Gasteiger partial charge in [0, 0.05) is 11.6 Å². The topological polar surface area (TPSA) is 18.5 Å². The molecule has 0 heterocycles. The van der Waals surface area contributed by atoms with Crippen molar-refractivity contribution in [3.8, 4) is 11.5 Å². The van der Waals surface area contributed by atoms with Crippen LogP contribution in [0.4, 0.5) is 8.78 Å². The minimum atomic E-state index is -0.724. The molecule has 0 N–H and O–H groups in total. The van der Waals surface area contributed by atoms with E-state index in [0.717, 1.165) is 6.07 Å². The lowest BCUT2D eigenvalue weighted by atomic mass is 10.2. The number of ether oxygens (including phenoxy) is 2. The van der Waals surface area contributed by atoms with Gasteiger partial charge in [0.15, 0.2) is 23.1 Å². The van der Waals surface area contributed by atoms with Crippen molar-refractivity contribution in [3.05, 3.63) is 23.3 Å². The zero-order chi connectivity index (χ0) is 12.0. The van der Waals surface area contributed by atoms with Crippen molar-refractivity contribution >= 4 is 0 Å². The maximum absolute atomic E-state index is 13.0. The molecule has 0 spiro atoms. The Labute approximate surface area is 88.8 Å². The highest BCUT2D eigenvalue weighted by Crippen LogP contribution is 2.32. The standard InChI is InChI=1S/C9H10F2O2.C2H6/c1-5-8(12-2)6(10)4-7(11)9(5)13-3;1-2/h4H,1-3H3;1-2H3. The summed E-state index contributed by atoms with van der Waals surface area (Å²) < 4.78 is 35.5. The van der Waals surface area contributed by atoms with Crippen molar-refractivity contribution in [1.82, 2.24) is 0 Å². The molecule has 0 aliphatic carbocycles. The second-order valence-electron chi connectivity index (χ2n) is 2.53. The SMILES string of the molecule is CC.COc1c(F)cc(F)c(OC)c1C. The van der Waals surface area contributed by atoms with Crippen LogP contribution in [0.3, 0.4) is 0 Å². The van der Waals surface area contributed by atoms with E-state index in [0.29, 0.717) is 5.56 Å². The fourth-order valence-corrected chi connectivity index (χ4v) is 1.20. The largest absolute Gasteiger partial charge is 0.493 e. The van der Waals surface area contributed by atoms with E-state index in [1.165, 1.54) is 21.1 Å². The number of halogens is 2. The van der Waals surface area contributed by atoms with Crippen LogP contribution in [-0.4, -0.2) is 14.2 Å². The van der Waals surface area contributed by atoms with E-state index >= 15 is 0 Å². The van der Waals surface area contributed by atoms with Crippen molar-refractivity contribution in [2.24, 2.45) is 0 Å². The molecule has 0 radical (unpaired) electrons. The number of methoxy groups -OCH3 is 2. The second kappa shape index (κ2) is 6.22. The van der Waals surface area contributed by atoms with Gasteiger partial charge in [-0.2, -0.15) is 0 Å². The molecule has 0 bridgehead atoms. The summed E-state index contributed by atoms with van der Waals surface area (Å²) in [7, 11) is 2.64. The van der Waals surface area contributed by atoms with Crippen molar-refractivity contribution in [2.75, 3.05) is 14.2 Å². The molecule has 4 heteroatoms. The number of hydrogen-bond donors (Lipinski definition) is 0. The first-order valence-corrected chi connectivity index (χ1v) is 4.68. The van der Waals surface area contributed by atoms with Gasteiger partial charge in [-0.05, 0) is 6.92 Å². The maximum atomic E-state index is 13.0. The fourth-order valence-electron chi connectivity index (χ4n) is 1.20. The first-order valence-electron chi connectivity index (χ1n) is 4.68. The van der Waals surface area contributed by atoms with Crippen molar-refractivity contribution in [1.29, 1.82) is 0 Å². The van der Waals surface area contributed by atoms with Crippen LogP contribution < -0.4 is 9.47 Å². The molecule has 0 aliphatic rings. The number of hydrogen-bond acceptors (Lipinski definition) is 2. The summed E-state index contributed by atoms with van der Waals surface area (Å²) in [6.07, 6.45) is 0. The first-order chi connectivity index (χ1) is 7.11. The molecular formula is C11H16F2O2. The molecule has 0 fully saturated rings. The Morgan fingerprint density at radius 1 is 0.933 bits per heavy atom. The van der Waals surface area contributed by atoms with E-state index in [2.05, 4.69) is 0 Å². The van der Waals surface area contributed by atoms with Crippen LogP contribution in [-0.2, 0) is 0 Å². The summed E-state index contributed by atoms with van der Waals surface area (Å²) in [6, 6.07) is 0.741. The minimum absolute atomic E-state index is 0.0123. The van der Waals surface area contributed by atoms with Crippen LogP contribution in [0.2, 0.25) is 0 Å². The van der Waals surface area contributed by atoms with Crippen LogP contribution in [0.1, 0.15) is 19.4 Å². The van der Waals surface area contributed by atoms with Gasteiger partial charge in [-0.25, -0.2) is 8.78 Å². The molecule has 0 saturated heterocycles. The Balaban J connectivity index is 0.000000921. The van der Waals surface area contributed by atoms with Gasteiger partial charge in [0.05, 0.1) is 14.2 Å². The quantitative estimate of drug-likeness (QED) is 0.758. The molecule has 1 aromatic rings. The molecule has 0 aliphatic heterocycles. The Morgan fingerprint density at radius 2 is 1.27 bits per heavy atom. The Morgan fingerprint density at radius 3 is 1.53 bits per heavy atom. The monoisotopic (exact) mass is 218 g/mol. The Hall–Kier alpha value is -1.32. The zero-order valence-electron chi connectivity index (χ0n) is 9.65. The predicted molar refractivity (Wildman–Crippen MR) is 55.5 cm³/mol. The summed E-state index contributed by atoms with van der Waals surface area (Å²) in [5.74, 6) is -1.42. The van der Waals surface area contributed by atoms with Gasteiger partial charge in [-0.3, -0.25) is 0 Å². The smallest absolute Gasteiger partial charge is 0.168 e. The third kappa shape index (κ3) is 2.81. The summed E-state index contributed by atoms with van der Waals surface area (Å²) in [5.41, 5.74) is 0.322. The summed E-state index contributed by atoms with van der Waals surface area (Å²) >= 11 is 0. The third-order valence-electron chi connectivity index (χ3n) is 1.78. The molecule has 0 saturated carbocycles. The average Bonchev–Trinajstić information content (AvgIpc) is 2.21. The van der Waals surface area contributed by atoms with Crippen LogP contribution in [0, 0.1) is 18.6 Å². The lowest BCUT2D eigenvalue weighted by Gasteiger charge is -2.10. The number of benzene rings is 1. The van der Waals surface area contributed by atoms with Crippen LogP contribution in [0.25, 0.3) is 0 Å². The molecular weight excluding hydrogens is 202 g/mol. The highest BCUT2D eigenvalue weighted by atomic mass is 19.1. The number of rotatable bonds is 2. The molecule has 86 valence electrons. The Bertz CT molecular complexity index is 297. The summed E-state index contributed by atoms with van der Waals surface area (Å²) in [5, 5.41) is 0. The second-order valence-corrected chi connectivity index (χ2v) is 2.53. The van der Waals surface area contributed by atoms with Gasteiger partial charge in [-0.1, -0.05) is 13.8 Å². The van der Waals surface area contributed by atoms with Crippen LogP contribution in [0.5, 0.6) is 11.5 Å². The predicted octanol–water partition coefficient (Wildman–Crippen LogP) is 3.32. The minimum Gasteiger partial charge on any atom is -0.493 e. The Kier molecular flexibility index (Phi) is 5.67. The van der Waals surface area contributed by atoms with Gasteiger partial charge < -0.3 is 9.47 Å². The van der Waals surface area contributed by atoms with E-state index in [9.17, 15) is 8.78 Å². The van der Waals surface area contributed by atoms with Crippen LogP contribution in [0.15, 0.2) is 6.07 Å². The van der Waals surface area contributed by atoms with Gasteiger partial charge in [0.2, 0.25) is 0 Å². The summed E-state index contributed by atoms with van der Waals surface area (Å²) in [4.78, 5) is 0. The van der Waals surface area contributed by atoms with E-state index in [1.54, 1.807) is 0 Å². The molecule has 0 aromatic heterocycles. The molecule has 1 aromatic carbocycles. The highest BCUT2D eigenvalue weighted by molar-refractivity contribution is 5.45. The molecule has 2 nitrogen and oxygen atoms in total. The first kappa shape index (κ1) is 13.7. The van der Waals surface area contributed by atoms with Crippen molar-refractivity contribution in [2.45, 2.75) is 20.8 Å². The van der Waals surface area contributed by atoms with E-state index in [4.69, 9.17) is 9.47 Å². The molecule has 1 rings (SSSR count). The zero-order valence-corrected chi connectivity index (χ0v) is 9.65. The van der Waals surface area contributed by atoms with Gasteiger partial charge in [-0.15, -0.1) is 0 Å². The third-order valence-corrected chi connectivity index (χ3v) is 1.78. The van der Waals surface area contributed by atoms with Crippen molar-refractivity contribution < 1.29 is 18.3 Å². The molecule has 0 amide bonds. The van der Waals surface area contributed by atoms with Crippen molar-refractivity contribution in [3.63, 3.8) is 0 Å². The lowest BCUT2D eigenvalue weighted by Crippen LogP contribution is -1.98. The lowest BCUT2D eigenvalue weighted by molar-refractivity contribution is 0.352. The van der Waals surface area contributed by atoms with Gasteiger partial charge in [0.25, 0.3) is 0 Å². The maximum Gasteiger partial charge on any atom is 0.168 e. The van der Waals surface area contributed by atoms with Gasteiger partial charge >= 0.3 is 0 Å². The van der Waals surface area contributed by atoms with E-state index < -0.39 is 11.6 Å². The molecule has 15 heavy (non-hydrogen) atoms. The highest BCUT2D eigenvalue weighted by Gasteiger charge is 2.16. The molecule has 0 unspecified atom stereocenters. The average molecular weight is 218 g/mol. The normalized spacial score (nSPS) is 9.00. The van der Waals surface area contributed by atoms with E-state index in [1.807, 2.05) is 13.8 Å². The van der Waals surface area contributed by atoms with E-state index in [-0.39, 0.29) is 11.5 Å². The summed E-state index contributed by atoms with van der Waals surface area (Å²) in [6.45, 7) is 5.53. The molecule has 0 atom stereocenters.